The van der Waals surface area contributed by atoms with Gasteiger partial charge in [-0.2, -0.15) is 0 Å². The van der Waals surface area contributed by atoms with Crippen LogP contribution in [0.4, 0.5) is 11.4 Å². The Kier molecular flexibility index (Phi) is 5.82. The van der Waals surface area contributed by atoms with E-state index in [-0.39, 0.29) is 5.91 Å². The maximum absolute atomic E-state index is 11.8. The van der Waals surface area contributed by atoms with Crippen LogP contribution in [0.2, 0.25) is 5.02 Å². The van der Waals surface area contributed by atoms with Crippen LogP contribution in [-0.2, 0) is 4.79 Å². The molecule has 18 heavy (non-hydrogen) atoms. The molecule has 1 unspecified atom stereocenters. The molecule has 0 aromatic heterocycles. The number of nitrogens with two attached hydrogens (primary N) is 1. The molecule has 0 bridgehead atoms. The van der Waals surface area contributed by atoms with Crippen LogP contribution < -0.4 is 11.1 Å². The average molecular weight is 287 g/mol. The summed E-state index contributed by atoms with van der Waals surface area (Å²) < 4.78 is 0. The molecule has 0 fully saturated rings. The predicted molar refractivity (Wildman–Crippen MR) is 81.3 cm³/mol. The first-order chi connectivity index (χ1) is 8.40. The van der Waals surface area contributed by atoms with Gasteiger partial charge in [0.25, 0.3) is 0 Å². The Morgan fingerprint density at radius 2 is 2.11 bits per heavy atom. The maximum Gasteiger partial charge on any atom is 0.234 e. The van der Waals surface area contributed by atoms with E-state index >= 15 is 0 Å². The van der Waals surface area contributed by atoms with Crippen LogP contribution in [0.3, 0.4) is 0 Å². The van der Waals surface area contributed by atoms with Crippen molar-refractivity contribution in [1.82, 2.24) is 0 Å². The minimum Gasteiger partial charge on any atom is -0.397 e. The molecular formula is C13H19ClN2OS. The van der Waals surface area contributed by atoms with Gasteiger partial charge in [0.2, 0.25) is 5.91 Å². The van der Waals surface area contributed by atoms with Crippen molar-refractivity contribution in [2.45, 2.75) is 26.0 Å². The zero-order valence-corrected chi connectivity index (χ0v) is 12.4. The lowest BCUT2D eigenvalue weighted by molar-refractivity contribution is -0.113. The molecule has 100 valence electrons. The normalized spacial score (nSPS) is 12.5. The second-order valence-electron chi connectivity index (χ2n) is 4.54. The molecule has 1 aromatic rings. The smallest absolute Gasteiger partial charge is 0.234 e. The zero-order chi connectivity index (χ0) is 13.7. The Bertz CT molecular complexity index is 423. The van der Waals surface area contributed by atoms with Crippen LogP contribution in [0.5, 0.6) is 0 Å². The molecule has 1 amide bonds. The third kappa shape index (κ3) is 4.78. The van der Waals surface area contributed by atoms with Crippen molar-refractivity contribution < 1.29 is 4.79 Å². The molecule has 0 aliphatic rings. The van der Waals surface area contributed by atoms with Crippen molar-refractivity contribution in [3.8, 4) is 0 Å². The molecule has 0 spiro atoms. The van der Waals surface area contributed by atoms with Crippen LogP contribution in [0, 0.1) is 5.92 Å². The van der Waals surface area contributed by atoms with Crippen molar-refractivity contribution in [1.29, 1.82) is 0 Å². The fourth-order valence-corrected chi connectivity index (χ4v) is 2.29. The second kappa shape index (κ2) is 6.90. The molecule has 0 aliphatic heterocycles. The number of hydrogen-bond donors (Lipinski definition) is 2. The van der Waals surface area contributed by atoms with Crippen LogP contribution in [0.1, 0.15) is 20.8 Å². The Morgan fingerprint density at radius 3 is 2.67 bits per heavy atom. The number of halogens is 1. The minimum absolute atomic E-state index is 0.0403. The molecule has 0 saturated carbocycles. The minimum atomic E-state index is -0.0403. The van der Waals surface area contributed by atoms with Gasteiger partial charge in [-0.25, -0.2) is 0 Å². The third-order valence-electron chi connectivity index (χ3n) is 2.70. The topological polar surface area (TPSA) is 55.1 Å². The number of nitrogen functional groups attached to an aromatic ring is 1. The van der Waals surface area contributed by atoms with Crippen LogP contribution in [0.25, 0.3) is 0 Å². The maximum atomic E-state index is 11.8. The molecule has 5 heteroatoms. The van der Waals surface area contributed by atoms with Crippen molar-refractivity contribution in [3.05, 3.63) is 23.2 Å². The highest BCUT2D eigenvalue weighted by Crippen LogP contribution is 2.23. The molecular weight excluding hydrogens is 268 g/mol. The number of anilines is 2. The van der Waals surface area contributed by atoms with Gasteiger partial charge < -0.3 is 11.1 Å². The van der Waals surface area contributed by atoms with Crippen molar-refractivity contribution in [2.24, 2.45) is 5.92 Å². The molecule has 3 N–H and O–H groups in total. The van der Waals surface area contributed by atoms with Gasteiger partial charge in [-0.05, 0) is 24.1 Å². The summed E-state index contributed by atoms with van der Waals surface area (Å²) in [5.74, 6) is 0.950. The van der Waals surface area contributed by atoms with Gasteiger partial charge in [-0.15, -0.1) is 11.8 Å². The molecule has 0 radical (unpaired) electrons. The van der Waals surface area contributed by atoms with Crippen LogP contribution in [0.15, 0.2) is 18.2 Å². The van der Waals surface area contributed by atoms with E-state index in [1.54, 1.807) is 30.0 Å². The van der Waals surface area contributed by atoms with Gasteiger partial charge in [0.1, 0.15) is 0 Å². The van der Waals surface area contributed by atoms with Gasteiger partial charge in [-0.3, -0.25) is 4.79 Å². The van der Waals surface area contributed by atoms with Crippen molar-refractivity contribution in [3.63, 3.8) is 0 Å². The summed E-state index contributed by atoms with van der Waals surface area (Å²) in [5.41, 5.74) is 6.87. The summed E-state index contributed by atoms with van der Waals surface area (Å²) in [6.45, 7) is 6.42. The first-order valence-electron chi connectivity index (χ1n) is 5.86. The summed E-state index contributed by atoms with van der Waals surface area (Å²) in [4.78, 5) is 11.8. The van der Waals surface area contributed by atoms with Gasteiger partial charge >= 0.3 is 0 Å². The Hall–Kier alpha value is -0.870. The lowest BCUT2D eigenvalue weighted by Crippen LogP contribution is -2.18. The molecule has 0 heterocycles. The molecule has 0 aliphatic carbocycles. The van der Waals surface area contributed by atoms with E-state index < -0.39 is 0 Å². The molecule has 1 atom stereocenters. The van der Waals surface area contributed by atoms with Crippen molar-refractivity contribution >= 4 is 40.6 Å². The standard InChI is InChI=1S/C13H19ClN2OS/c1-8(2)9(3)18-7-13(17)16-12-5-4-10(14)6-11(12)15/h4-6,8-9H,7,15H2,1-3H3,(H,16,17). The van der Waals surface area contributed by atoms with E-state index in [2.05, 4.69) is 26.1 Å². The van der Waals surface area contributed by atoms with E-state index in [9.17, 15) is 4.79 Å². The monoisotopic (exact) mass is 286 g/mol. The van der Waals surface area contributed by atoms with Crippen LogP contribution in [-0.4, -0.2) is 16.9 Å². The third-order valence-corrected chi connectivity index (χ3v) is 4.44. The SMILES string of the molecule is CC(C)C(C)SCC(=O)Nc1ccc(Cl)cc1N. The summed E-state index contributed by atoms with van der Waals surface area (Å²) in [6.07, 6.45) is 0. The van der Waals surface area contributed by atoms with Gasteiger partial charge in [0, 0.05) is 10.3 Å². The lowest BCUT2D eigenvalue weighted by Gasteiger charge is -2.15. The highest BCUT2D eigenvalue weighted by atomic mass is 35.5. The van der Waals surface area contributed by atoms with Gasteiger partial charge in [-0.1, -0.05) is 32.4 Å². The van der Waals surface area contributed by atoms with Gasteiger partial charge in [0.15, 0.2) is 0 Å². The quantitative estimate of drug-likeness (QED) is 0.813. The first-order valence-corrected chi connectivity index (χ1v) is 7.29. The average Bonchev–Trinajstić information content (AvgIpc) is 2.29. The second-order valence-corrected chi connectivity index (χ2v) is 6.34. The van der Waals surface area contributed by atoms with E-state index in [4.69, 9.17) is 17.3 Å². The number of carbonyl (C=O) groups excluding carboxylic acids is 1. The molecule has 0 saturated heterocycles. The van der Waals surface area contributed by atoms with E-state index in [1.807, 2.05) is 0 Å². The summed E-state index contributed by atoms with van der Waals surface area (Å²) >= 11 is 7.44. The number of benzene rings is 1. The Balaban J connectivity index is 2.50. The fraction of sp³-hybridized carbons (Fsp3) is 0.462. The number of amides is 1. The molecule has 1 aromatic carbocycles. The number of hydrogen-bond acceptors (Lipinski definition) is 3. The number of thioether (sulfide) groups is 1. The predicted octanol–water partition coefficient (Wildman–Crippen LogP) is 3.64. The summed E-state index contributed by atoms with van der Waals surface area (Å²) in [5, 5.41) is 3.81. The fourth-order valence-electron chi connectivity index (χ4n) is 1.23. The van der Waals surface area contributed by atoms with Gasteiger partial charge in [0.05, 0.1) is 17.1 Å². The largest absolute Gasteiger partial charge is 0.397 e. The van der Waals surface area contributed by atoms with E-state index in [0.717, 1.165) is 0 Å². The number of carbonyl (C=O) groups is 1. The summed E-state index contributed by atoms with van der Waals surface area (Å²) in [6, 6.07) is 5.05. The number of nitrogens with one attached hydrogen (secondary N) is 1. The van der Waals surface area contributed by atoms with Crippen LogP contribution >= 0.6 is 23.4 Å². The molecule has 1 rings (SSSR count). The van der Waals surface area contributed by atoms with E-state index in [1.165, 1.54) is 0 Å². The lowest BCUT2D eigenvalue weighted by atomic mass is 10.2. The molecule has 3 nitrogen and oxygen atoms in total. The highest BCUT2D eigenvalue weighted by molar-refractivity contribution is 8.00. The Labute approximate surface area is 117 Å². The van der Waals surface area contributed by atoms with Crippen molar-refractivity contribution in [2.75, 3.05) is 16.8 Å². The first kappa shape index (κ1) is 15.2. The highest BCUT2D eigenvalue weighted by Gasteiger charge is 2.11. The zero-order valence-electron chi connectivity index (χ0n) is 10.9. The summed E-state index contributed by atoms with van der Waals surface area (Å²) in [7, 11) is 0. The van der Waals surface area contributed by atoms with E-state index in [0.29, 0.717) is 33.3 Å². The number of rotatable bonds is 5. The Morgan fingerprint density at radius 1 is 1.44 bits per heavy atom.